The number of methoxy groups -OCH3 is 2. The normalized spacial score (nSPS) is 11.0. The summed E-state index contributed by atoms with van der Waals surface area (Å²) in [5.41, 5.74) is 1.36. The van der Waals surface area contributed by atoms with Gasteiger partial charge in [-0.05, 0) is 12.0 Å². The summed E-state index contributed by atoms with van der Waals surface area (Å²) in [6.07, 6.45) is 1.25. The molecule has 0 radical (unpaired) electrons. The van der Waals surface area contributed by atoms with Gasteiger partial charge in [0.25, 0.3) is 0 Å². The summed E-state index contributed by atoms with van der Waals surface area (Å²) < 4.78 is 24.3. The summed E-state index contributed by atoms with van der Waals surface area (Å²) in [4.78, 5) is 4.10. The number of rotatable bonds is 3. The highest BCUT2D eigenvalue weighted by Crippen LogP contribution is 2.35. The van der Waals surface area contributed by atoms with E-state index in [4.69, 9.17) is 9.47 Å². The molecule has 0 unspecified atom stereocenters. The van der Waals surface area contributed by atoms with Crippen LogP contribution in [0.2, 0.25) is 0 Å². The second-order valence-electron chi connectivity index (χ2n) is 4.40. The van der Waals surface area contributed by atoms with Crippen molar-refractivity contribution in [3.05, 3.63) is 29.7 Å². The first-order valence-electron chi connectivity index (χ1n) is 5.78. The van der Waals surface area contributed by atoms with E-state index in [0.717, 1.165) is 5.39 Å². The fourth-order valence-corrected chi connectivity index (χ4v) is 2.10. The molecule has 0 amide bonds. The lowest BCUT2D eigenvalue weighted by atomic mass is 9.98. The van der Waals surface area contributed by atoms with E-state index in [9.17, 15) is 4.39 Å². The van der Waals surface area contributed by atoms with E-state index in [-0.39, 0.29) is 11.7 Å². The van der Waals surface area contributed by atoms with Crippen LogP contribution >= 0.6 is 0 Å². The lowest BCUT2D eigenvalue weighted by Crippen LogP contribution is -1.98. The van der Waals surface area contributed by atoms with E-state index in [0.29, 0.717) is 22.6 Å². The van der Waals surface area contributed by atoms with E-state index < -0.39 is 0 Å². The number of nitrogens with zero attached hydrogens (tertiary/aromatic N) is 1. The quantitative estimate of drug-likeness (QED) is 0.834. The van der Waals surface area contributed by atoms with Gasteiger partial charge in [0.2, 0.25) is 0 Å². The van der Waals surface area contributed by atoms with Crippen LogP contribution in [-0.2, 0) is 0 Å². The van der Waals surface area contributed by atoms with Gasteiger partial charge in [0.15, 0.2) is 11.5 Å². The fourth-order valence-electron chi connectivity index (χ4n) is 2.10. The standard InChI is InChI=1S/C14H16FNO2/c1-8(2)14-9-5-12(17-3)13(18-4)6-11(9)16-7-10(14)15/h5-8H,1-4H3. The molecule has 0 aliphatic heterocycles. The summed E-state index contributed by atoms with van der Waals surface area (Å²) in [5, 5.41) is 0.766. The van der Waals surface area contributed by atoms with Gasteiger partial charge in [-0.2, -0.15) is 0 Å². The Morgan fingerprint density at radius 1 is 1.11 bits per heavy atom. The van der Waals surface area contributed by atoms with Crippen molar-refractivity contribution in [3.8, 4) is 11.5 Å². The Labute approximate surface area is 106 Å². The van der Waals surface area contributed by atoms with Crippen molar-refractivity contribution in [1.29, 1.82) is 0 Å². The van der Waals surface area contributed by atoms with Crippen molar-refractivity contribution in [3.63, 3.8) is 0 Å². The van der Waals surface area contributed by atoms with Crippen LogP contribution < -0.4 is 9.47 Å². The Balaban J connectivity index is 2.80. The molecule has 0 atom stereocenters. The average molecular weight is 249 g/mol. The monoisotopic (exact) mass is 249 g/mol. The summed E-state index contributed by atoms with van der Waals surface area (Å²) >= 11 is 0. The van der Waals surface area contributed by atoms with Crippen LogP contribution in [0, 0.1) is 5.82 Å². The summed E-state index contributed by atoms with van der Waals surface area (Å²) in [6, 6.07) is 3.54. The Kier molecular flexibility index (Phi) is 3.36. The number of halogens is 1. The number of ether oxygens (including phenoxy) is 2. The predicted molar refractivity (Wildman–Crippen MR) is 68.9 cm³/mol. The third-order valence-corrected chi connectivity index (χ3v) is 2.94. The van der Waals surface area contributed by atoms with Gasteiger partial charge >= 0.3 is 0 Å². The zero-order valence-electron chi connectivity index (χ0n) is 11.0. The molecule has 0 spiro atoms. The second-order valence-corrected chi connectivity index (χ2v) is 4.40. The number of fused-ring (bicyclic) bond motifs is 1. The largest absolute Gasteiger partial charge is 0.493 e. The molecule has 2 rings (SSSR count). The van der Waals surface area contributed by atoms with E-state index in [1.807, 2.05) is 13.8 Å². The molecular weight excluding hydrogens is 233 g/mol. The molecule has 0 aliphatic rings. The minimum absolute atomic E-state index is 0.0774. The second kappa shape index (κ2) is 4.80. The number of benzene rings is 1. The average Bonchev–Trinajstić information content (AvgIpc) is 2.36. The van der Waals surface area contributed by atoms with Crippen LogP contribution in [0.4, 0.5) is 4.39 Å². The summed E-state index contributed by atoms with van der Waals surface area (Å²) in [5.74, 6) is 0.969. The van der Waals surface area contributed by atoms with Crippen LogP contribution in [0.1, 0.15) is 25.3 Å². The molecule has 1 aromatic heterocycles. The summed E-state index contributed by atoms with van der Waals surface area (Å²) in [6.45, 7) is 3.91. The maximum absolute atomic E-state index is 13.9. The van der Waals surface area contributed by atoms with Crippen LogP contribution in [0.5, 0.6) is 11.5 Å². The first kappa shape index (κ1) is 12.6. The molecule has 0 saturated carbocycles. The highest BCUT2D eigenvalue weighted by Gasteiger charge is 2.15. The lowest BCUT2D eigenvalue weighted by molar-refractivity contribution is 0.355. The van der Waals surface area contributed by atoms with E-state index >= 15 is 0 Å². The number of hydrogen-bond acceptors (Lipinski definition) is 3. The van der Waals surface area contributed by atoms with Gasteiger partial charge in [0.1, 0.15) is 5.82 Å². The molecule has 0 aliphatic carbocycles. The van der Waals surface area contributed by atoms with Crippen LogP contribution in [0.3, 0.4) is 0 Å². The molecule has 3 nitrogen and oxygen atoms in total. The predicted octanol–water partition coefficient (Wildman–Crippen LogP) is 3.51. The Morgan fingerprint density at radius 3 is 2.28 bits per heavy atom. The molecule has 0 saturated heterocycles. The van der Waals surface area contributed by atoms with Crippen molar-refractivity contribution in [1.82, 2.24) is 4.98 Å². The van der Waals surface area contributed by atoms with Gasteiger partial charge < -0.3 is 9.47 Å². The first-order chi connectivity index (χ1) is 8.58. The highest BCUT2D eigenvalue weighted by molar-refractivity contribution is 5.86. The van der Waals surface area contributed by atoms with Crippen molar-refractivity contribution < 1.29 is 13.9 Å². The van der Waals surface area contributed by atoms with Crippen molar-refractivity contribution in [2.75, 3.05) is 14.2 Å². The Bertz CT molecular complexity index is 582. The van der Waals surface area contributed by atoms with E-state index in [1.165, 1.54) is 6.20 Å². The highest BCUT2D eigenvalue weighted by atomic mass is 19.1. The van der Waals surface area contributed by atoms with Gasteiger partial charge in [0.05, 0.1) is 25.9 Å². The molecule has 1 aromatic carbocycles. The maximum Gasteiger partial charge on any atom is 0.162 e. The molecule has 0 fully saturated rings. The van der Waals surface area contributed by atoms with Crippen LogP contribution in [-0.4, -0.2) is 19.2 Å². The van der Waals surface area contributed by atoms with Gasteiger partial charge in [-0.15, -0.1) is 0 Å². The topological polar surface area (TPSA) is 31.4 Å². The zero-order valence-corrected chi connectivity index (χ0v) is 11.0. The van der Waals surface area contributed by atoms with E-state index in [1.54, 1.807) is 26.4 Å². The minimum Gasteiger partial charge on any atom is -0.493 e. The fraction of sp³-hybridized carbons (Fsp3) is 0.357. The smallest absolute Gasteiger partial charge is 0.162 e. The molecule has 0 bridgehead atoms. The lowest BCUT2D eigenvalue weighted by Gasteiger charge is -2.14. The SMILES string of the molecule is COc1cc2ncc(F)c(C(C)C)c2cc1OC. The first-order valence-corrected chi connectivity index (χ1v) is 5.78. The third-order valence-electron chi connectivity index (χ3n) is 2.94. The maximum atomic E-state index is 13.9. The Hall–Kier alpha value is -1.84. The molecular formula is C14H16FNO2. The summed E-state index contributed by atoms with van der Waals surface area (Å²) in [7, 11) is 3.13. The van der Waals surface area contributed by atoms with Crippen LogP contribution in [0.15, 0.2) is 18.3 Å². The number of hydrogen-bond donors (Lipinski definition) is 0. The number of pyridine rings is 1. The molecule has 96 valence electrons. The van der Waals surface area contributed by atoms with Crippen LogP contribution in [0.25, 0.3) is 10.9 Å². The van der Waals surface area contributed by atoms with Crippen molar-refractivity contribution in [2.45, 2.75) is 19.8 Å². The minimum atomic E-state index is -0.287. The van der Waals surface area contributed by atoms with Crippen molar-refractivity contribution in [2.24, 2.45) is 0 Å². The number of aromatic nitrogens is 1. The van der Waals surface area contributed by atoms with Crippen molar-refractivity contribution >= 4 is 10.9 Å². The van der Waals surface area contributed by atoms with Gasteiger partial charge in [-0.25, -0.2) is 4.39 Å². The molecule has 4 heteroatoms. The zero-order chi connectivity index (χ0) is 13.3. The van der Waals surface area contributed by atoms with Gasteiger partial charge in [0, 0.05) is 17.0 Å². The van der Waals surface area contributed by atoms with Gasteiger partial charge in [-0.1, -0.05) is 13.8 Å². The molecule has 18 heavy (non-hydrogen) atoms. The van der Waals surface area contributed by atoms with E-state index in [2.05, 4.69) is 4.98 Å². The molecule has 2 aromatic rings. The molecule has 0 N–H and O–H groups in total. The van der Waals surface area contributed by atoms with Gasteiger partial charge in [-0.3, -0.25) is 4.98 Å². The molecule has 1 heterocycles. The Morgan fingerprint density at radius 2 is 1.72 bits per heavy atom. The third kappa shape index (κ3) is 1.98.